The van der Waals surface area contributed by atoms with Crippen molar-refractivity contribution in [2.75, 3.05) is 0 Å². The van der Waals surface area contributed by atoms with Crippen LogP contribution in [0.3, 0.4) is 0 Å². The van der Waals surface area contributed by atoms with Crippen LogP contribution in [0.2, 0.25) is 0 Å². The molecule has 120 valence electrons. The number of hydrogen-bond donors (Lipinski definition) is 1. The largest absolute Gasteiger partial charge is 0.303 e. The highest BCUT2D eigenvalue weighted by atomic mass is 32.1. The third kappa shape index (κ3) is 4.53. The Labute approximate surface area is 134 Å². The van der Waals surface area contributed by atoms with Crippen LogP contribution >= 0.6 is 11.3 Å². The van der Waals surface area contributed by atoms with Crippen LogP contribution in [0.25, 0.3) is 0 Å². The van der Waals surface area contributed by atoms with Gasteiger partial charge >= 0.3 is 0 Å². The quantitative estimate of drug-likeness (QED) is 0.704. The van der Waals surface area contributed by atoms with Crippen molar-refractivity contribution in [3.63, 3.8) is 0 Å². The molecule has 0 unspecified atom stereocenters. The first kappa shape index (κ1) is 17.0. The second-order valence-corrected chi connectivity index (χ2v) is 8.79. The van der Waals surface area contributed by atoms with Crippen LogP contribution < -0.4 is 5.32 Å². The van der Waals surface area contributed by atoms with Crippen LogP contribution in [0, 0.1) is 11.8 Å². The van der Waals surface area contributed by atoms with Gasteiger partial charge in [-0.25, -0.2) is 4.98 Å². The van der Waals surface area contributed by atoms with E-state index in [1.165, 1.54) is 36.4 Å². The number of hydrogen-bond acceptors (Lipinski definition) is 3. The van der Waals surface area contributed by atoms with E-state index in [2.05, 4.69) is 52.2 Å². The van der Waals surface area contributed by atoms with Gasteiger partial charge in [-0.2, -0.15) is 0 Å². The molecule has 1 heterocycles. The van der Waals surface area contributed by atoms with Crippen LogP contribution in [0.4, 0.5) is 0 Å². The van der Waals surface area contributed by atoms with Gasteiger partial charge in [-0.05, 0) is 43.4 Å². The minimum atomic E-state index is 0.0846. The van der Waals surface area contributed by atoms with E-state index >= 15 is 0 Å². The van der Waals surface area contributed by atoms with Crippen molar-refractivity contribution in [1.29, 1.82) is 0 Å². The first-order valence-corrected chi connectivity index (χ1v) is 9.44. The van der Waals surface area contributed by atoms with Crippen molar-refractivity contribution >= 4 is 11.3 Å². The fourth-order valence-electron chi connectivity index (χ4n) is 3.22. The van der Waals surface area contributed by atoms with Gasteiger partial charge in [0, 0.05) is 11.4 Å². The van der Waals surface area contributed by atoms with Gasteiger partial charge in [0.25, 0.3) is 0 Å². The van der Waals surface area contributed by atoms with Gasteiger partial charge in [0.15, 0.2) is 0 Å². The summed E-state index contributed by atoms with van der Waals surface area (Å²) in [6.07, 6.45) is 5.04. The Hall–Kier alpha value is -0.410. The first-order valence-electron chi connectivity index (χ1n) is 8.56. The van der Waals surface area contributed by atoms with E-state index in [0.717, 1.165) is 0 Å². The fourth-order valence-corrected chi connectivity index (χ4v) is 4.39. The summed E-state index contributed by atoms with van der Waals surface area (Å²) in [4.78, 5) is 5.03. The molecule has 2 nitrogen and oxygen atoms in total. The van der Waals surface area contributed by atoms with Gasteiger partial charge in [0.05, 0.1) is 11.2 Å². The number of aromatic nitrogens is 1. The molecule has 1 saturated carbocycles. The van der Waals surface area contributed by atoms with Crippen molar-refractivity contribution in [2.45, 2.75) is 84.7 Å². The summed E-state index contributed by atoms with van der Waals surface area (Å²) in [6.45, 7) is 13.8. The van der Waals surface area contributed by atoms with Gasteiger partial charge in [-0.1, -0.05) is 41.5 Å². The smallest absolute Gasteiger partial charge is 0.113 e. The highest BCUT2D eigenvalue weighted by Crippen LogP contribution is 2.40. The lowest BCUT2D eigenvalue weighted by molar-refractivity contribution is 0.220. The Balaban J connectivity index is 2.33. The van der Waals surface area contributed by atoms with Crippen molar-refractivity contribution < 1.29 is 0 Å². The molecule has 3 heteroatoms. The minimum absolute atomic E-state index is 0.0846. The maximum absolute atomic E-state index is 5.03. The lowest BCUT2D eigenvalue weighted by atomic mass is 9.82. The second-order valence-electron chi connectivity index (χ2n) is 7.93. The molecule has 0 atom stereocenters. The van der Waals surface area contributed by atoms with E-state index in [9.17, 15) is 0 Å². The molecule has 0 aliphatic heterocycles. The standard InChI is InChI=1S/C18H32N2S/c1-12(2)9-18(10-13(3)4,20-15-7-8-15)17-19-16(11-21-17)14(5)6/h11-15,20H,7-10H2,1-6H3. The minimum Gasteiger partial charge on any atom is -0.303 e. The SMILES string of the molecule is CC(C)CC(CC(C)C)(NC1CC1)c1nc(C(C)C)cs1. The zero-order valence-electron chi connectivity index (χ0n) is 14.6. The zero-order valence-corrected chi connectivity index (χ0v) is 15.4. The normalized spacial score (nSPS) is 16.4. The molecule has 0 bridgehead atoms. The molecule has 1 N–H and O–H groups in total. The Morgan fingerprint density at radius 3 is 2.10 bits per heavy atom. The fraction of sp³-hybridized carbons (Fsp3) is 0.833. The summed E-state index contributed by atoms with van der Waals surface area (Å²) in [6, 6.07) is 0.717. The zero-order chi connectivity index (χ0) is 15.6. The van der Waals surface area contributed by atoms with Crippen molar-refractivity contribution in [2.24, 2.45) is 11.8 Å². The molecular weight excluding hydrogens is 276 g/mol. The van der Waals surface area contributed by atoms with Gasteiger partial charge in [-0.3, -0.25) is 0 Å². The summed E-state index contributed by atoms with van der Waals surface area (Å²) in [5.41, 5.74) is 1.34. The molecule has 2 rings (SSSR count). The van der Waals surface area contributed by atoms with Crippen LogP contribution in [0.5, 0.6) is 0 Å². The highest BCUT2D eigenvalue weighted by molar-refractivity contribution is 7.09. The number of thiazole rings is 1. The van der Waals surface area contributed by atoms with Crippen molar-refractivity contribution in [1.82, 2.24) is 10.3 Å². The molecule has 21 heavy (non-hydrogen) atoms. The molecule has 0 amide bonds. The van der Waals surface area contributed by atoms with E-state index in [1.54, 1.807) is 0 Å². The maximum Gasteiger partial charge on any atom is 0.113 e. The molecule has 0 radical (unpaired) electrons. The van der Waals surface area contributed by atoms with Crippen LogP contribution in [0.1, 0.15) is 83.8 Å². The van der Waals surface area contributed by atoms with E-state index in [1.807, 2.05) is 11.3 Å². The summed E-state index contributed by atoms with van der Waals surface area (Å²) in [5.74, 6) is 1.88. The molecule has 1 aliphatic carbocycles. The van der Waals surface area contributed by atoms with E-state index in [-0.39, 0.29) is 5.54 Å². The van der Waals surface area contributed by atoms with Crippen LogP contribution in [-0.4, -0.2) is 11.0 Å². The third-order valence-electron chi connectivity index (χ3n) is 4.09. The van der Waals surface area contributed by atoms with Gasteiger partial charge in [0.1, 0.15) is 5.01 Å². The summed E-state index contributed by atoms with van der Waals surface area (Å²) in [5, 5.41) is 7.57. The van der Waals surface area contributed by atoms with Crippen molar-refractivity contribution in [3.8, 4) is 0 Å². The van der Waals surface area contributed by atoms with E-state index < -0.39 is 0 Å². The van der Waals surface area contributed by atoms with Crippen LogP contribution in [-0.2, 0) is 5.54 Å². The Kier molecular flexibility index (Phi) is 5.48. The Morgan fingerprint density at radius 1 is 1.14 bits per heavy atom. The number of nitrogens with zero attached hydrogens (tertiary/aromatic N) is 1. The number of rotatable bonds is 8. The summed E-state index contributed by atoms with van der Waals surface area (Å²) >= 11 is 1.86. The topological polar surface area (TPSA) is 24.9 Å². The Morgan fingerprint density at radius 2 is 1.71 bits per heavy atom. The van der Waals surface area contributed by atoms with E-state index in [0.29, 0.717) is 23.8 Å². The molecule has 0 saturated heterocycles. The van der Waals surface area contributed by atoms with Gasteiger partial charge in [-0.15, -0.1) is 11.3 Å². The average Bonchev–Trinajstić information content (AvgIpc) is 3.00. The predicted octanol–water partition coefficient (Wildman–Crippen LogP) is 5.31. The Bertz CT molecular complexity index is 426. The van der Waals surface area contributed by atoms with Gasteiger partial charge < -0.3 is 5.32 Å². The molecule has 1 aromatic rings. The maximum atomic E-state index is 5.03. The molecule has 0 spiro atoms. The molecule has 0 aromatic carbocycles. The van der Waals surface area contributed by atoms with E-state index in [4.69, 9.17) is 4.98 Å². The monoisotopic (exact) mass is 308 g/mol. The van der Waals surface area contributed by atoms with Crippen molar-refractivity contribution in [3.05, 3.63) is 16.1 Å². The predicted molar refractivity (Wildman–Crippen MR) is 92.9 cm³/mol. The van der Waals surface area contributed by atoms with Crippen LogP contribution in [0.15, 0.2) is 5.38 Å². The summed E-state index contributed by atoms with van der Waals surface area (Å²) < 4.78 is 0. The molecule has 1 aromatic heterocycles. The average molecular weight is 309 g/mol. The number of nitrogens with one attached hydrogen (secondary N) is 1. The summed E-state index contributed by atoms with van der Waals surface area (Å²) in [7, 11) is 0. The molecule has 1 aliphatic rings. The lowest BCUT2D eigenvalue weighted by Gasteiger charge is -2.36. The van der Waals surface area contributed by atoms with Gasteiger partial charge in [0.2, 0.25) is 0 Å². The molecular formula is C18H32N2S. The third-order valence-corrected chi connectivity index (χ3v) is 5.16. The second kappa shape index (κ2) is 6.78. The lowest BCUT2D eigenvalue weighted by Crippen LogP contribution is -2.45. The molecule has 1 fully saturated rings. The first-order chi connectivity index (χ1) is 9.82. The highest BCUT2D eigenvalue weighted by Gasteiger charge is 2.40.